The first kappa shape index (κ1) is 14.9. The third-order valence-corrected chi connectivity index (χ3v) is 4.33. The van der Waals surface area contributed by atoms with Crippen molar-refractivity contribution in [3.05, 3.63) is 18.5 Å². The largest absolute Gasteiger partial charge is 0.384 e. The predicted octanol–water partition coefficient (Wildman–Crippen LogP) is 0.780. The van der Waals surface area contributed by atoms with Crippen molar-refractivity contribution in [2.75, 3.05) is 39.2 Å². The van der Waals surface area contributed by atoms with Crippen LogP contribution in [-0.4, -0.2) is 51.6 Å². The molecule has 0 unspecified atom stereocenters. The molecule has 0 aliphatic carbocycles. The van der Waals surface area contributed by atoms with Crippen LogP contribution in [0.1, 0.15) is 6.92 Å². The van der Waals surface area contributed by atoms with Crippen molar-refractivity contribution >= 4 is 15.7 Å². The van der Waals surface area contributed by atoms with Gasteiger partial charge in [-0.1, -0.05) is 0 Å². The fraction of sp³-hybridized carbons (Fsp3) is 0.545. The Bertz CT molecular complexity index is 476. The summed E-state index contributed by atoms with van der Waals surface area (Å²) in [5, 5.41) is 3.02. The molecule has 0 amide bonds. The van der Waals surface area contributed by atoms with Gasteiger partial charge in [-0.3, -0.25) is 4.98 Å². The Morgan fingerprint density at radius 2 is 2.22 bits per heavy atom. The van der Waals surface area contributed by atoms with E-state index in [2.05, 4.69) is 10.3 Å². The first-order valence-electron chi connectivity index (χ1n) is 5.67. The van der Waals surface area contributed by atoms with E-state index in [0.717, 1.165) is 0 Å². The van der Waals surface area contributed by atoms with Gasteiger partial charge in [0, 0.05) is 39.6 Å². The minimum Gasteiger partial charge on any atom is -0.384 e. The van der Waals surface area contributed by atoms with Crippen LogP contribution in [0, 0.1) is 0 Å². The Kier molecular flexibility index (Phi) is 5.52. The zero-order valence-electron chi connectivity index (χ0n) is 10.9. The fourth-order valence-corrected chi connectivity index (χ4v) is 2.69. The number of ether oxygens (including phenoxy) is 1. The predicted molar refractivity (Wildman–Crippen MR) is 70.1 cm³/mol. The van der Waals surface area contributed by atoms with E-state index in [-0.39, 0.29) is 4.90 Å². The molecule has 0 saturated heterocycles. The molecular weight excluding hydrogens is 254 g/mol. The van der Waals surface area contributed by atoms with Crippen LogP contribution < -0.4 is 5.32 Å². The number of hydrogen-bond donors (Lipinski definition) is 1. The quantitative estimate of drug-likeness (QED) is 0.795. The van der Waals surface area contributed by atoms with Crippen molar-refractivity contribution in [3.8, 4) is 0 Å². The lowest BCUT2D eigenvalue weighted by Gasteiger charge is -2.18. The monoisotopic (exact) mass is 273 g/mol. The van der Waals surface area contributed by atoms with Crippen molar-refractivity contribution in [1.82, 2.24) is 9.29 Å². The standard InChI is InChI=1S/C11H19N3O3S/c1-4-13-10-5-6-12-9-11(10)18(15,16)14(2)7-8-17-3/h5-6,9H,4,7-8H2,1-3H3,(H,12,13). The summed E-state index contributed by atoms with van der Waals surface area (Å²) in [5.41, 5.74) is 0.566. The number of hydrogen-bond acceptors (Lipinski definition) is 5. The van der Waals surface area contributed by atoms with Crippen LogP contribution in [0.25, 0.3) is 0 Å². The van der Waals surface area contributed by atoms with E-state index in [1.807, 2.05) is 6.92 Å². The van der Waals surface area contributed by atoms with E-state index in [9.17, 15) is 8.42 Å². The van der Waals surface area contributed by atoms with Crippen molar-refractivity contribution in [1.29, 1.82) is 0 Å². The van der Waals surface area contributed by atoms with Crippen LogP contribution >= 0.6 is 0 Å². The van der Waals surface area contributed by atoms with Gasteiger partial charge >= 0.3 is 0 Å². The lowest BCUT2D eigenvalue weighted by Crippen LogP contribution is -2.30. The molecule has 0 fully saturated rings. The van der Waals surface area contributed by atoms with Crippen molar-refractivity contribution in [2.45, 2.75) is 11.8 Å². The summed E-state index contributed by atoms with van der Waals surface area (Å²) in [5.74, 6) is 0. The van der Waals surface area contributed by atoms with E-state index in [0.29, 0.717) is 25.4 Å². The second-order valence-corrected chi connectivity index (χ2v) is 5.73. The van der Waals surface area contributed by atoms with Gasteiger partial charge in [0.15, 0.2) is 0 Å². The number of likely N-dealkylation sites (N-methyl/N-ethyl adjacent to an activating group) is 1. The van der Waals surface area contributed by atoms with E-state index in [4.69, 9.17) is 4.74 Å². The Labute approximate surface area is 108 Å². The molecule has 0 saturated carbocycles. The summed E-state index contributed by atoms with van der Waals surface area (Å²) >= 11 is 0. The average Bonchev–Trinajstić information content (AvgIpc) is 2.36. The topological polar surface area (TPSA) is 71.5 Å². The second kappa shape index (κ2) is 6.67. The highest BCUT2D eigenvalue weighted by atomic mass is 32.2. The number of pyridine rings is 1. The maximum atomic E-state index is 12.3. The van der Waals surface area contributed by atoms with E-state index in [1.165, 1.54) is 24.7 Å². The molecule has 1 rings (SSSR count). The molecule has 6 nitrogen and oxygen atoms in total. The summed E-state index contributed by atoms with van der Waals surface area (Å²) in [6.45, 7) is 3.21. The van der Waals surface area contributed by atoms with Gasteiger partial charge in [-0.15, -0.1) is 0 Å². The molecule has 1 aromatic rings. The highest BCUT2D eigenvalue weighted by molar-refractivity contribution is 7.89. The molecular formula is C11H19N3O3S. The number of sulfonamides is 1. The van der Waals surface area contributed by atoms with Crippen LogP contribution in [0.3, 0.4) is 0 Å². The van der Waals surface area contributed by atoms with Crippen molar-refractivity contribution in [2.24, 2.45) is 0 Å². The van der Waals surface area contributed by atoms with Crippen LogP contribution in [0.5, 0.6) is 0 Å². The lowest BCUT2D eigenvalue weighted by molar-refractivity contribution is 0.185. The normalized spacial score (nSPS) is 11.8. The molecule has 0 atom stereocenters. The molecule has 7 heteroatoms. The Morgan fingerprint density at radius 1 is 1.50 bits per heavy atom. The molecule has 18 heavy (non-hydrogen) atoms. The molecule has 1 N–H and O–H groups in total. The number of methoxy groups -OCH3 is 1. The third kappa shape index (κ3) is 3.41. The molecule has 0 aliphatic rings. The highest BCUT2D eigenvalue weighted by Gasteiger charge is 2.23. The van der Waals surface area contributed by atoms with E-state index in [1.54, 1.807) is 12.3 Å². The average molecular weight is 273 g/mol. The maximum absolute atomic E-state index is 12.3. The Balaban J connectivity index is 3.04. The van der Waals surface area contributed by atoms with Crippen molar-refractivity contribution in [3.63, 3.8) is 0 Å². The van der Waals surface area contributed by atoms with Crippen LogP contribution in [0.4, 0.5) is 5.69 Å². The van der Waals surface area contributed by atoms with Gasteiger partial charge in [0.25, 0.3) is 0 Å². The number of nitrogens with zero attached hydrogens (tertiary/aromatic N) is 2. The summed E-state index contributed by atoms with van der Waals surface area (Å²) in [6.07, 6.45) is 2.92. The molecule has 102 valence electrons. The summed E-state index contributed by atoms with van der Waals surface area (Å²) in [7, 11) is -0.475. The molecule has 0 spiro atoms. The summed E-state index contributed by atoms with van der Waals surface area (Å²) in [6, 6.07) is 1.65. The zero-order valence-corrected chi connectivity index (χ0v) is 11.7. The number of anilines is 1. The number of rotatable bonds is 7. The van der Waals surface area contributed by atoms with Crippen LogP contribution in [0.2, 0.25) is 0 Å². The zero-order chi connectivity index (χ0) is 13.6. The van der Waals surface area contributed by atoms with Crippen LogP contribution in [0.15, 0.2) is 23.4 Å². The molecule has 0 aliphatic heterocycles. The van der Waals surface area contributed by atoms with Crippen LogP contribution in [-0.2, 0) is 14.8 Å². The molecule has 1 aromatic heterocycles. The summed E-state index contributed by atoms with van der Waals surface area (Å²) in [4.78, 5) is 4.07. The fourth-order valence-electron chi connectivity index (χ4n) is 1.43. The van der Waals surface area contributed by atoms with Gasteiger partial charge in [0.2, 0.25) is 10.0 Å². The highest BCUT2D eigenvalue weighted by Crippen LogP contribution is 2.22. The van der Waals surface area contributed by atoms with Gasteiger partial charge in [0.05, 0.1) is 12.3 Å². The van der Waals surface area contributed by atoms with E-state index >= 15 is 0 Å². The van der Waals surface area contributed by atoms with E-state index < -0.39 is 10.0 Å². The first-order valence-corrected chi connectivity index (χ1v) is 7.11. The van der Waals surface area contributed by atoms with Gasteiger partial charge < -0.3 is 10.1 Å². The number of aromatic nitrogens is 1. The minimum absolute atomic E-state index is 0.186. The third-order valence-electron chi connectivity index (χ3n) is 2.45. The number of nitrogens with one attached hydrogen (secondary N) is 1. The van der Waals surface area contributed by atoms with Gasteiger partial charge in [0.1, 0.15) is 4.90 Å². The van der Waals surface area contributed by atoms with Gasteiger partial charge in [-0.2, -0.15) is 4.31 Å². The Morgan fingerprint density at radius 3 is 2.83 bits per heavy atom. The minimum atomic E-state index is -3.54. The molecule has 1 heterocycles. The molecule has 0 bridgehead atoms. The van der Waals surface area contributed by atoms with Gasteiger partial charge in [-0.25, -0.2) is 8.42 Å². The van der Waals surface area contributed by atoms with Crippen molar-refractivity contribution < 1.29 is 13.2 Å². The summed E-state index contributed by atoms with van der Waals surface area (Å²) < 4.78 is 30.8. The molecule has 0 radical (unpaired) electrons. The maximum Gasteiger partial charge on any atom is 0.246 e. The van der Waals surface area contributed by atoms with Gasteiger partial charge in [-0.05, 0) is 13.0 Å². The lowest BCUT2D eigenvalue weighted by atomic mass is 10.4. The smallest absolute Gasteiger partial charge is 0.246 e. The SMILES string of the molecule is CCNc1ccncc1S(=O)(=O)N(C)CCOC. The Hall–Kier alpha value is -1.18. The second-order valence-electron chi connectivity index (χ2n) is 3.72. The molecule has 0 aromatic carbocycles. The first-order chi connectivity index (χ1) is 8.54.